The van der Waals surface area contributed by atoms with E-state index in [2.05, 4.69) is 34.6 Å². The van der Waals surface area contributed by atoms with Crippen molar-refractivity contribution in [2.24, 2.45) is 11.8 Å². The van der Waals surface area contributed by atoms with Crippen molar-refractivity contribution in [3.05, 3.63) is 0 Å². The Balaban J connectivity index is 4.32. The van der Waals surface area contributed by atoms with E-state index in [0.717, 1.165) is 69.6 Å². The lowest BCUT2D eigenvalue weighted by Crippen LogP contribution is -2.30. The lowest BCUT2D eigenvalue weighted by Gasteiger charge is -2.18. The summed E-state index contributed by atoms with van der Waals surface area (Å²) in [4.78, 5) is 37.7. The predicted octanol–water partition coefficient (Wildman–Crippen LogP) is 14.6. The number of ether oxygens (including phenoxy) is 3. The van der Waals surface area contributed by atoms with Crippen molar-refractivity contribution in [1.82, 2.24) is 0 Å². The van der Waals surface area contributed by atoms with Gasteiger partial charge in [-0.1, -0.05) is 214 Å². The Morgan fingerprint density at radius 1 is 0.358 bits per heavy atom. The van der Waals surface area contributed by atoms with Crippen LogP contribution in [0.25, 0.3) is 0 Å². The highest BCUT2D eigenvalue weighted by Gasteiger charge is 2.19. The normalized spacial score (nSPS) is 12.1. The summed E-state index contributed by atoms with van der Waals surface area (Å²) in [5.74, 6) is 0.737. The molecule has 0 amide bonds. The third kappa shape index (κ3) is 41.4. The van der Waals surface area contributed by atoms with Gasteiger partial charge in [0.2, 0.25) is 0 Å². The average molecular weight is 751 g/mol. The Kier molecular flexibility index (Phi) is 38.9. The molecule has 0 aromatic rings. The Bertz CT molecular complexity index is 809. The predicted molar refractivity (Wildman–Crippen MR) is 224 cm³/mol. The Hall–Kier alpha value is -1.59. The monoisotopic (exact) mass is 751 g/mol. The Labute approximate surface area is 329 Å². The zero-order valence-electron chi connectivity index (χ0n) is 36.1. The van der Waals surface area contributed by atoms with Crippen LogP contribution in [0, 0.1) is 11.8 Å². The second kappa shape index (κ2) is 40.1. The third-order valence-electron chi connectivity index (χ3n) is 10.5. The largest absolute Gasteiger partial charge is 0.462 e. The molecule has 0 fully saturated rings. The van der Waals surface area contributed by atoms with Crippen LogP contribution in [0.1, 0.15) is 253 Å². The highest BCUT2D eigenvalue weighted by atomic mass is 16.6. The van der Waals surface area contributed by atoms with Crippen molar-refractivity contribution in [3.63, 3.8) is 0 Å². The van der Waals surface area contributed by atoms with Crippen molar-refractivity contribution in [2.45, 2.75) is 259 Å². The maximum Gasteiger partial charge on any atom is 0.306 e. The molecule has 0 unspecified atom stereocenters. The first kappa shape index (κ1) is 51.4. The first-order valence-electron chi connectivity index (χ1n) is 23.2. The zero-order chi connectivity index (χ0) is 39.0. The molecule has 0 aliphatic rings. The lowest BCUT2D eigenvalue weighted by molar-refractivity contribution is -0.167. The molecule has 0 aromatic carbocycles. The van der Waals surface area contributed by atoms with E-state index in [1.54, 1.807) is 0 Å². The molecule has 0 radical (unpaired) electrons. The molecule has 0 bridgehead atoms. The molecule has 0 aromatic heterocycles. The third-order valence-corrected chi connectivity index (χ3v) is 10.5. The van der Waals surface area contributed by atoms with Gasteiger partial charge in [-0.3, -0.25) is 14.4 Å². The zero-order valence-corrected chi connectivity index (χ0v) is 36.1. The van der Waals surface area contributed by atoms with Crippen LogP contribution in [0.3, 0.4) is 0 Å². The van der Waals surface area contributed by atoms with Crippen molar-refractivity contribution in [3.8, 4) is 0 Å². The fraction of sp³-hybridized carbons (Fsp3) is 0.936. The highest BCUT2D eigenvalue weighted by molar-refractivity contribution is 5.71. The van der Waals surface area contributed by atoms with Crippen molar-refractivity contribution >= 4 is 17.9 Å². The average Bonchev–Trinajstić information content (AvgIpc) is 3.12. The maximum absolute atomic E-state index is 12.7. The second-order valence-electron chi connectivity index (χ2n) is 17.0. The summed E-state index contributed by atoms with van der Waals surface area (Å²) in [5, 5.41) is 0. The van der Waals surface area contributed by atoms with Gasteiger partial charge >= 0.3 is 17.9 Å². The molecule has 1 atom stereocenters. The molecule has 6 heteroatoms. The van der Waals surface area contributed by atoms with Gasteiger partial charge in [0.15, 0.2) is 6.10 Å². The number of carbonyl (C=O) groups excluding carboxylic acids is 3. The van der Waals surface area contributed by atoms with E-state index in [9.17, 15) is 14.4 Å². The van der Waals surface area contributed by atoms with Crippen molar-refractivity contribution in [1.29, 1.82) is 0 Å². The van der Waals surface area contributed by atoms with E-state index in [0.29, 0.717) is 19.3 Å². The van der Waals surface area contributed by atoms with E-state index in [1.807, 2.05) is 0 Å². The first-order chi connectivity index (χ1) is 25.7. The molecule has 0 rings (SSSR count). The van der Waals surface area contributed by atoms with Crippen LogP contribution in [0.4, 0.5) is 0 Å². The lowest BCUT2D eigenvalue weighted by atomic mass is 10.0. The van der Waals surface area contributed by atoms with E-state index < -0.39 is 6.10 Å². The number of rotatable bonds is 41. The van der Waals surface area contributed by atoms with Crippen LogP contribution in [-0.2, 0) is 28.6 Å². The molecule has 53 heavy (non-hydrogen) atoms. The number of carbonyl (C=O) groups is 3. The van der Waals surface area contributed by atoms with Gasteiger partial charge in [-0.2, -0.15) is 0 Å². The van der Waals surface area contributed by atoms with Crippen molar-refractivity contribution < 1.29 is 28.6 Å². The molecular formula is C47H90O6. The van der Waals surface area contributed by atoms with Crippen LogP contribution in [0.15, 0.2) is 0 Å². The minimum atomic E-state index is -0.760. The summed E-state index contributed by atoms with van der Waals surface area (Å²) >= 11 is 0. The fourth-order valence-corrected chi connectivity index (χ4v) is 6.93. The SMILES string of the molecule is CCCCCCCCCCCCCCC(=O)OC[C@H](COC(=O)CCCCCCCCCCCCC(C)C)OC(=O)CCCCCCCCCC(C)C. The van der Waals surface area contributed by atoms with Crippen LogP contribution in [-0.4, -0.2) is 37.2 Å². The van der Waals surface area contributed by atoms with Crippen LogP contribution in [0.5, 0.6) is 0 Å². The molecule has 0 saturated carbocycles. The van der Waals surface area contributed by atoms with E-state index in [-0.39, 0.29) is 31.1 Å². The molecular weight excluding hydrogens is 661 g/mol. The Morgan fingerprint density at radius 3 is 0.925 bits per heavy atom. The topological polar surface area (TPSA) is 78.9 Å². The van der Waals surface area contributed by atoms with Gasteiger partial charge in [-0.25, -0.2) is 0 Å². The molecule has 0 aliphatic carbocycles. The molecule has 0 spiro atoms. The molecule has 0 aliphatic heterocycles. The number of hydrogen-bond acceptors (Lipinski definition) is 6. The minimum absolute atomic E-state index is 0.0653. The summed E-state index contributed by atoms with van der Waals surface area (Å²) in [7, 11) is 0. The van der Waals surface area contributed by atoms with Crippen molar-refractivity contribution in [2.75, 3.05) is 13.2 Å². The molecule has 0 N–H and O–H groups in total. The molecule has 6 nitrogen and oxygen atoms in total. The number of hydrogen-bond donors (Lipinski definition) is 0. The van der Waals surface area contributed by atoms with Crippen LogP contribution in [0.2, 0.25) is 0 Å². The second-order valence-corrected chi connectivity index (χ2v) is 17.0. The standard InChI is InChI=1S/C47H90O6/c1-6-7-8-9-10-11-12-13-17-22-27-32-37-45(48)51-40-44(53-47(50)39-34-29-24-19-21-26-31-36-43(4)5)41-52-46(49)38-33-28-23-18-15-14-16-20-25-30-35-42(2)3/h42-44H,6-41H2,1-5H3/t44-/m1/s1. The fourth-order valence-electron chi connectivity index (χ4n) is 6.93. The summed E-state index contributed by atoms with van der Waals surface area (Å²) in [6, 6.07) is 0. The molecule has 314 valence electrons. The van der Waals surface area contributed by atoms with E-state index in [4.69, 9.17) is 14.2 Å². The van der Waals surface area contributed by atoms with Crippen LogP contribution < -0.4 is 0 Å². The number of unbranched alkanes of at least 4 members (excludes halogenated alkanes) is 26. The summed E-state index contributed by atoms with van der Waals surface area (Å²) in [5.41, 5.74) is 0. The highest BCUT2D eigenvalue weighted by Crippen LogP contribution is 2.16. The molecule has 0 saturated heterocycles. The number of esters is 3. The van der Waals surface area contributed by atoms with Gasteiger partial charge in [0.25, 0.3) is 0 Å². The summed E-state index contributed by atoms with van der Waals surface area (Å²) in [6.45, 7) is 11.3. The van der Waals surface area contributed by atoms with E-state index in [1.165, 1.54) is 141 Å². The minimum Gasteiger partial charge on any atom is -0.462 e. The van der Waals surface area contributed by atoms with Gasteiger partial charge in [0, 0.05) is 19.3 Å². The van der Waals surface area contributed by atoms with Gasteiger partial charge in [0.05, 0.1) is 0 Å². The smallest absolute Gasteiger partial charge is 0.306 e. The maximum atomic E-state index is 12.7. The first-order valence-corrected chi connectivity index (χ1v) is 23.2. The summed E-state index contributed by atoms with van der Waals surface area (Å²) in [6.07, 6.45) is 38.1. The Morgan fingerprint density at radius 2 is 0.623 bits per heavy atom. The van der Waals surface area contributed by atoms with E-state index >= 15 is 0 Å². The molecule has 0 heterocycles. The van der Waals surface area contributed by atoms with Gasteiger partial charge in [0.1, 0.15) is 13.2 Å². The summed E-state index contributed by atoms with van der Waals surface area (Å²) < 4.78 is 16.7. The van der Waals surface area contributed by atoms with Gasteiger partial charge < -0.3 is 14.2 Å². The van der Waals surface area contributed by atoms with Crippen LogP contribution >= 0.6 is 0 Å². The van der Waals surface area contributed by atoms with Gasteiger partial charge in [-0.05, 0) is 31.1 Å². The van der Waals surface area contributed by atoms with Gasteiger partial charge in [-0.15, -0.1) is 0 Å². The quantitative estimate of drug-likeness (QED) is 0.0352.